The maximum Gasteiger partial charge on any atom is 0.416 e. The summed E-state index contributed by atoms with van der Waals surface area (Å²) in [4.78, 5) is 27.4. The number of benzene rings is 1. The molecule has 0 spiro atoms. The van der Waals surface area contributed by atoms with Gasteiger partial charge in [0.05, 0.1) is 35.8 Å². The van der Waals surface area contributed by atoms with E-state index in [1.54, 1.807) is 9.80 Å². The van der Waals surface area contributed by atoms with Gasteiger partial charge >= 0.3 is 12.2 Å². The van der Waals surface area contributed by atoms with E-state index < -0.39 is 11.7 Å². The van der Waals surface area contributed by atoms with Gasteiger partial charge < -0.3 is 24.6 Å². The van der Waals surface area contributed by atoms with Crippen molar-refractivity contribution in [3.63, 3.8) is 0 Å². The quantitative estimate of drug-likeness (QED) is 0.775. The van der Waals surface area contributed by atoms with Crippen molar-refractivity contribution in [2.75, 3.05) is 32.8 Å². The predicted octanol–water partition coefficient (Wildman–Crippen LogP) is 2.13. The molecule has 4 rings (SSSR count). The first-order chi connectivity index (χ1) is 13.7. The minimum atomic E-state index is -4.47. The van der Waals surface area contributed by atoms with Gasteiger partial charge in [-0.15, -0.1) is 0 Å². The summed E-state index contributed by atoms with van der Waals surface area (Å²) in [5.74, 6) is -0.0361. The van der Waals surface area contributed by atoms with Gasteiger partial charge in [0.2, 0.25) is 5.91 Å². The Balaban J connectivity index is 1.29. The van der Waals surface area contributed by atoms with Crippen molar-refractivity contribution in [3.05, 3.63) is 28.8 Å². The number of halogens is 4. The molecular formula is C18H19ClF3N3O4. The Kier molecular flexibility index (Phi) is 5.24. The first-order valence-corrected chi connectivity index (χ1v) is 9.57. The zero-order valence-electron chi connectivity index (χ0n) is 15.2. The second-order valence-corrected chi connectivity index (χ2v) is 7.74. The van der Waals surface area contributed by atoms with Crippen molar-refractivity contribution in [1.29, 1.82) is 0 Å². The topological polar surface area (TPSA) is 71.1 Å². The van der Waals surface area contributed by atoms with Crippen LogP contribution in [0, 0.1) is 0 Å². The van der Waals surface area contributed by atoms with E-state index in [9.17, 15) is 22.8 Å². The molecular weight excluding hydrogens is 415 g/mol. The van der Waals surface area contributed by atoms with E-state index in [4.69, 9.17) is 21.1 Å². The van der Waals surface area contributed by atoms with Crippen molar-refractivity contribution in [2.45, 2.75) is 30.8 Å². The lowest BCUT2D eigenvalue weighted by molar-refractivity contribution is -0.140. The van der Waals surface area contributed by atoms with Crippen LogP contribution in [0.5, 0.6) is 5.75 Å². The van der Waals surface area contributed by atoms with Gasteiger partial charge in [0.15, 0.2) is 0 Å². The first-order valence-electron chi connectivity index (χ1n) is 9.19. The van der Waals surface area contributed by atoms with E-state index >= 15 is 0 Å². The molecule has 3 heterocycles. The molecule has 2 atom stereocenters. The van der Waals surface area contributed by atoms with Gasteiger partial charge in [0.25, 0.3) is 0 Å². The minimum Gasteiger partial charge on any atom is -0.485 e. The smallest absolute Gasteiger partial charge is 0.416 e. The number of ether oxygens (including phenoxy) is 2. The number of amides is 3. The molecule has 1 aromatic carbocycles. The van der Waals surface area contributed by atoms with Gasteiger partial charge in [-0.2, -0.15) is 13.2 Å². The summed E-state index contributed by atoms with van der Waals surface area (Å²) < 4.78 is 49.2. The second kappa shape index (κ2) is 7.56. The lowest BCUT2D eigenvalue weighted by Gasteiger charge is -2.45. The summed E-state index contributed by atoms with van der Waals surface area (Å²) in [7, 11) is 0. The number of carbonyl (C=O) groups is 2. The van der Waals surface area contributed by atoms with Gasteiger partial charge in [-0.05, 0) is 24.6 Å². The number of piperidine rings is 1. The third-order valence-corrected chi connectivity index (χ3v) is 5.56. The van der Waals surface area contributed by atoms with Crippen LogP contribution in [0.2, 0.25) is 5.02 Å². The molecule has 0 aromatic heterocycles. The van der Waals surface area contributed by atoms with Crippen LogP contribution in [-0.2, 0) is 15.7 Å². The fourth-order valence-corrected chi connectivity index (χ4v) is 3.92. The lowest BCUT2D eigenvalue weighted by Crippen LogP contribution is -2.65. The molecule has 158 valence electrons. The van der Waals surface area contributed by atoms with Crippen LogP contribution >= 0.6 is 11.6 Å². The van der Waals surface area contributed by atoms with Gasteiger partial charge in [0.1, 0.15) is 18.5 Å². The highest BCUT2D eigenvalue weighted by atomic mass is 35.5. The van der Waals surface area contributed by atoms with Gasteiger partial charge in [-0.3, -0.25) is 4.79 Å². The van der Waals surface area contributed by atoms with E-state index in [0.717, 1.165) is 12.1 Å². The van der Waals surface area contributed by atoms with E-state index in [0.29, 0.717) is 32.6 Å². The Morgan fingerprint density at radius 3 is 2.69 bits per heavy atom. The largest absolute Gasteiger partial charge is 0.485 e. The number of likely N-dealkylation sites (tertiary alicyclic amines) is 2. The highest BCUT2D eigenvalue weighted by molar-refractivity contribution is 6.32. The average molecular weight is 434 g/mol. The molecule has 0 aliphatic carbocycles. The lowest BCUT2D eigenvalue weighted by atomic mass is 10.0. The molecule has 1 aromatic rings. The van der Waals surface area contributed by atoms with Crippen molar-refractivity contribution in [1.82, 2.24) is 15.1 Å². The minimum absolute atomic E-state index is 0.0484. The molecule has 3 aliphatic rings. The molecule has 3 aliphatic heterocycles. The highest BCUT2D eigenvalue weighted by Crippen LogP contribution is 2.35. The van der Waals surface area contributed by atoms with E-state index in [1.165, 1.54) is 6.07 Å². The zero-order valence-corrected chi connectivity index (χ0v) is 16.0. The van der Waals surface area contributed by atoms with Crippen LogP contribution in [0.1, 0.15) is 12.0 Å². The fourth-order valence-electron chi connectivity index (χ4n) is 3.69. The van der Waals surface area contributed by atoms with E-state index in [2.05, 4.69) is 5.32 Å². The van der Waals surface area contributed by atoms with Crippen molar-refractivity contribution in [2.24, 2.45) is 0 Å². The van der Waals surface area contributed by atoms with Crippen LogP contribution in [0.3, 0.4) is 0 Å². The Morgan fingerprint density at radius 2 is 2.00 bits per heavy atom. The van der Waals surface area contributed by atoms with Gasteiger partial charge in [0, 0.05) is 13.1 Å². The molecule has 0 saturated carbocycles. The molecule has 0 bridgehead atoms. The number of urea groups is 1. The Hall–Kier alpha value is -2.20. The van der Waals surface area contributed by atoms with Crippen molar-refractivity contribution >= 4 is 23.5 Å². The van der Waals surface area contributed by atoms with Crippen LogP contribution in [0.4, 0.5) is 18.0 Å². The first kappa shape index (κ1) is 20.1. The second-order valence-electron chi connectivity index (χ2n) is 7.33. The monoisotopic (exact) mass is 433 g/mol. The third-order valence-electron chi connectivity index (χ3n) is 5.27. The molecule has 0 unspecified atom stereocenters. The molecule has 29 heavy (non-hydrogen) atoms. The average Bonchev–Trinajstić information content (AvgIpc) is 2.63. The van der Waals surface area contributed by atoms with Crippen LogP contribution < -0.4 is 10.1 Å². The predicted molar refractivity (Wildman–Crippen MR) is 95.7 cm³/mol. The molecule has 3 fully saturated rings. The molecule has 3 saturated heterocycles. The molecule has 0 radical (unpaired) electrons. The van der Waals surface area contributed by atoms with Crippen LogP contribution in [-0.4, -0.2) is 72.8 Å². The van der Waals surface area contributed by atoms with Crippen molar-refractivity contribution < 1.29 is 32.2 Å². The third kappa shape index (κ3) is 4.23. The van der Waals surface area contributed by atoms with Gasteiger partial charge in [-0.1, -0.05) is 11.6 Å². The number of alkyl halides is 3. The van der Waals surface area contributed by atoms with Crippen LogP contribution in [0.15, 0.2) is 18.2 Å². The molecule has 3 amide bonds. The normalized spacial score (nSPS) is 25.2. The molecule has 1 N–H and O–H groups in total. The summed E-state index contributed by atoms with van der Waals surface area (Å²) in [6.45, 7) is 1.57. The number of rotatable bonds is 2. The SMILES string of the molecule is O=C1CO[C@H]2CCN(C(=O)N3CC(Oc4ccc(C(F)(F)F)cc4Cl)C3)C[C@H]2N1. The summed E-state index contributed by atoms with van der Waals surface area (Å²) in [5.41, 5.74) is -0.845. The maximum atomic E-state index is 12.7. The summed E-state index contributed by atoms with van der Waals surface area (Å²) >= 11 is 5.90. The van der Waals surface area contributed by atoms with Crippen molar-refractivity contribution in [3.8, 4) is 5.75 Å². The standard InChI is InChI=1S/C18H19ClF3N3O4/c19-12-5-10(18(20,21)22)1-2-14(12)29-11-6-25(7-11)17(27)24-4-3-15-13(8-24)23-16(26)9-28-15/h1-2,5,11,13,15H,3-4,6-9H2,(H,23,26)/t13-,15+/m1/s1. The van der Waals surface area contributed by atoms with E-state index in [1.807, 2.05) is 0 Å². The maximum absolute atomic E-state index is 12.7. The van der Waals surface area contributed by atoms with E-state index in [-0.39, 0.29) is 47.6 Å². The number of fused-ring (bicyclic) bond motifs is 1. The number of nitrogens with one attached hydrogen (secondary N) is 1. The summed E-state index contributed by atoms with van der Waals surface area (Å²) in [6.07, 6.45) is -4.25. The Labute approximate surface area is 169 Å². The zero-order chi connectivity index (χ0) is 20.8. The number of hydrogen-bond acceptors (Lipinski definition) is 4. The highest BCUT2D eigenvalue weighted by Gasteiger charge is 2.41. The number of morpholine rings is 1. The molecule has 11 heteroatoms. The number of hydrogen-bond donors (Lipinski definition) is 1. The number of nitrogens with zero attached hydrogens (tertiary/aromatic N) is 2. The molecule has 7 nitrogen and oxygen atoms in total. The van der Waals surface area contributed by atoms with Crippen LogP contribution in [0.25, 0.3) is 0 Å². The fraction of sp³-hybridized carbons (Fsp3) is 0.556. The summed E-state index contributed by atoms with van der Waals surface area (Å²) in [6, 6.07) is 2.54. The Morgan fingerprint density at radius 1 is 1.24 bits per heavy atom. The van der Waals surface area contributed by atoms with Gasteiger partial charge in [-0.25, -0.2) is 4.79 Å². The number of carbonyl (C=O) groups excluding carboxylic acids is 2. The Bertz CT molecular complexity index is 816. The summed E-state index contributed by atoms with van der Waals surface area (Å²) in [5, 5.41) is 2.72.